The molecular formula is C44H48F2N10O6S. The van der Waals surface area contributed by atoms with Gasteiger partial charge in [0, 0.05) is 105 Å². The number of hydrogen-bond donors (Lipinski definition) is 4. The fourth-order valence-corrected chi connectivity index (χ4v) is 9.33. The first-order chi connectivity index (χ1) is 30.3. The lowest BCUT2D eigenvalue weighted by Gasteiger charge is -2.35. The van der Waals surface area contributed by atoms with Crippen LogP contribution in [0.15, 0.2) is 67.3 Å². The quantitative estimate of drug-likeness (QED) is 0.0875. The molecule has 63 heavy (non-hydrogen) atoms. The number of fused-ring (bicyclic) bond motifs is 1. The second kappa shape index (κ2) is 18.2. The van der Waals surface area contributed by atoms with E-state index in [0.717, 1.165) is 47.8 Å². The molecular weight excluding hydrogens is 835 g/mol. The number of amides is 3. The lowest BCUT2D eigenvalue weighted by molar-refractivity contribution is -0.134. The van der Waals surface area contributed by atoms with E-state index < -0.39 is 44.9 Å². The highest BCUT2D eigenvalue weighted by molar-refractivity contribution is 7.90. The molecule has 19 heteroatoms. The summed E-state index contributed by atoms with van der Waals surface area (Å²) in [4.78, 5) is 71.1. The number of piperidine rings is 3. The molecule has 0 spiro atoms. The molecule has 3 saturated heterocycles. The second-order valence-electron chi connectivity index (χ2n) is 16.3. The molecule has 3 aromatic heterocycles. The maximum atomic E-state index is 15.6. The minimum Gasteiger partial charge on any atom is -0.374 e. The number of pyridine rings is 1. The van der Waals surface area contributed by atoms with Gasteiger partial charge in [-0.25, -0.2) is 23.7 Å². The first-order valence-electron chi connectivity index (χ1n) is 21.1. The van der Waals surface area contributed by atoms with E-state index in [4.69, 9.17) is 0 Å². The molecule has 0 bridgehead atoms. The minimum absolute atomic E-state index is 0.0589. The van der Waals surface area contributed by atoms with Gasteiger partial charge in [-0.2, -0.15) is 12.7 Å². The van der Waals surface area contributed by atoms with Crippen molar-refractivity contribution in [2.75, 3.05) is 54.7 Å². The summed E-state index contributed by atoms with van der Waals surface area (Å²) in [5.41, 5.74) is 1.97. The Hall–Kier alpha value is -6.34. The number of H-pyrrole nitrogens is 1. The maximum Gasteiger partial charge on any atom is 0.301 e. The molecule has 330 valence electrons. The summed E-state index contributed by atoms with van der Waals surface area (Å²) in [6.07, 6.45) is 10.9. The van der Waals surface area contributed by atoms with Crippen LogP contribution in [0.4, 0.5) is 26.1 Å². The van der Waals surface area contributed by atoms with E-state index in [1.807, 2.05) is 17.0 Å². The van der Waals surface area contributed by atoms with E-state index in [-0.39, 0.29) is 35.7 Å². The molecule has 4 N–H and O–H groups in total. The summed E-state index contributed by atoms with van der Waals surface area (Å²) < 4.78 is 58.7. The van der Waals surface area contributed by atoms with Gasteiger partial charge in [0.2, 0.25) is 29.5 Å². The number of hydrogen-bond acceptors (Lipinski definition) is 11. The summed E-state index contributed by atoms with van der Waals surface area (Å²) >= 11 is 0. The number of nitrogens with zero attached hydrogens (tertiary/aromatic N) is 6. The van der Waals surface area contributed by atoms with Gasteiger partial charge in [0.1, 0.15) is 17.5 Å². The predicted octanol–water partition coefficient (Wildman–Crippen LogP) is 5.37. The van der Waals surface area contributed by atoms with E-state index in [1.54, 1.807) is 31.6 Å². The summed E-state index contributed by atoms with van der Waals surface area (Å²) in [5, 5.41) is 5.89. The molecule has 8 rings (SSSR count). The normalized spacial score (nSPS) is 17.9. The number of imide groups is 1. The number of halogens is 2. The van der Waals surface area contributed by atoms with Crippen molar-refractivity contribution in [3.05, 3.63) is 95.6 Å². The lowest BCUT2D eigenvalue weighted by Crippen LogP contribution is -2.47. The third kappa shape index (κ3) is 9.39. The molecule has 0 saturated carbocycles. The second-order valence-corrected chi connectivity index (χ2v) is 18.1. The van der Waals surface area contributed by atoms with E-state index in [0.29, 0.717) is 79.5 Å². The topological polar surface area (TPSA) is 203 Å². The van der Waals surface area contributed by atoms with Crippen LogP contribution in [0.5, 0.6) is 0 Å². The fraction of sp³-hybridized carbons (Fsp3) is 0.386. The Bertz CT molecular complexity index is 2650. The van der Waals surface area contributed by atoms with E-state index >= 15 is 8.78 Å². The standard InChI is InChI=1S/C44H48F2N10O6S/c1-3-54(2)63(61,62)53-35-9-8-34(45)39(40(35)46)41(59)33-25-48-42-32(33)21-29(22-47-42)30-23-49-44(50-24-30)56-16-12-26(13-17-56)20-38(58)55-18-14-28(15-19-55)27-4-6-31(7-5-27)51-36-10-11-37(57)52-43(36)60/h4-9,21-26,28,36,51,53H,3,10-20H2,1-2H3,(H,47,48)(H,52,57,60). The molecule has 0 aliphatic carbocycles. The SMILES string of the molecule is CCN(C)S(=O)(=O)Nc1ccc(F)c(C(=O)c2c[nH]c3ncc(-c4cnc(N5CCC(CC(=O)N6CCC(c7ccc(NC8CCC(=O)NC8=O)cc7)CC6)CC5)nc4)cc23)c1F. The van der Waals surface area contributed by atoms with Crippen molar-refractivity contribution in [2.45, 2.75) is 63.8 Å². The molecule has 3 aliphatic rings. The third-order valence-corrected chi connectivity index (χ3v) is 13.9. The molecule has 1 atom stereocenters. The van der Waals surface area contributed by atoms with Crippen molar-refractivity contribution in [1.82, 2.24) is 34.5 Å². The summed E-state index contributed by atoms with van der Waals surface area (Å²) in [6, 6.07) is 11.1. The Morgan fingerprint density at radius 1 is 0.905 bits per heavy atom. The lowest BCUT2D eigenvalue weighted by atomic mass is 9.88. The largest absolute Gasteiger partial charge is 0.374 e. The highest BCUT2D eigenvalue weighted by Crippen LogP contribution is 2.33. The number of aromatic nitrogens is 4. The van der Waals surface area contributed by atoms with Crippen LogP contribution in [-0.4, -0.2) is 107 Å². The fourth-order valence-electron chi connectivity index (χ4n) is 8.40. The number of likely N-dealkylation sites (tertiary alicyclic amines) is 1. The zero-order valence-electron chi connectivity index (χ0n) is 34.9. The van der Waals surface area contributed by atoms with Crippen LogP contribution in [0, 0.1) is 17.6 Å². The van der Waals surface area contributed by atoms with Crippen molar-refractivity contribution < 1.29 is 36.4 Å². The van der Waals surface area contributed by atoms with E-state index in [1.165, 1.54) is 18.8 Å². The molecule has 6 heterocycles. The first kappa shape index (κ1) is 43.3. The number of nitrogens with one attached hydrogen (secondary N) is 4. The van der Waals surface area contributed by atoms with Gasteiger partial charge in [-0.05, 0) is 79.8 Å². The predicted molar refractivity (Wildman–Crippen MR) is 232 cm³/mol. The average Bonchev–Trinajstić information content (AvgIpc) is 3.72. The Morgan fingerprint density at radius 3 is 2.29 bits per heavy atom. The van der Waals surface area contributed by atoms with Crippen molar-refractivity contribution in [3.63, 3.8) is 0 Å². The monoisotopic (exact) mass is 882 g/mol. The first-order valence-corrected chi connectivity index (χ1v) is 22.5. The van der Waals surface area contributed by atoms with Crippen LogP contribution >= 0.6 is 0 Å². The van der Waals surface area contributed by atoms with Gasteiger partial charge in [0.25, 0.3) is 0 Å². The summed E-state index contributed by atoms with van der Waals surface area (Å²) in [5.74, 6) is -2.70. The van der Waals surface area contributed by atoms with Crippen molar-refractivity contribution >= 4 is 62.1 Å². The molecule has 0 radical (unpaired) electrons. The van der Waals surface area contributed by atoms with Crippen LogP contribution in [0.3, 0.4) is 0 Å². The van der Waals surface area contributed by atoms with Gasteiger partial charge >= 0.3 is 10.2 Å². The van der Waals surface area contributed by atoms with E-state index in [9.17, 15) is 27.6 Å². The minimum atomic E-state index is -4.15. The van der Waals surface area contributed by atoms with Crippen LogP contribution in [0.25, 0.3) is 22.2 Å². The maximum absolute atomic E-state index is 15.6. The zero-order chi connectivity index (χ0) is 44.4. The molecule has 16 nitrogen and oxygen atoms in total. The Balaban J connectivity index is 0.833. The van der Waals surface area contributed by atoms with Crippen molar-refractivity contribution in [3.8, 4) is 11.1 Å². The smallest absolute Gasteiger partial charge is 0.301 e. The van der Waals surface area contributed by atoms with E-state index in [2.05, 4.69) is 52.3 Å². The number of aromatic amines is 1. The summed E-state index contributed by atoms with van der Waals surface area (Å²) in [7, 11) is -2.85. The highest BCUT2D eigenvalue weighted by Gasteiger charge is 2.30. The van der Waals surface area contributed by atoms with Gasteiger partial charge in [0.15, 0.2) is 5.82 Å². The average molecular weight is 883 g/mol. The number of carbonyl (C=O) groups excluding carboxylic acids is 4. The van der Waals surface area contributed by atoms with Gasteiger partial charge < -0.3 is 20.1 Å². The Morgan fingerprint density at radius 2 is 1.60 bits per heavy atom. The summed E-state index contributed by atoms with van der Waals surface area (Å²) in [6.45, 7) is 4.50. The third-order valence-electron chi connectivity index (χ3n) is 12.3. The molecule has 3 amide bonds. The highest BCUT2D eigenvalue weighted by atomic mass is 32.2. The van der Waals surface area contributed by atoms with Crippen molar-refractivity contribution in [1.29, 1.82) is 0 Å². The number of rotatable bonds is 13. The Kier molecular flexibility index (Phi) is 12.5. The van der Waals surface area contributed by atoms with Crippen molar-refractivity contribution in [2.24, 2.45) is 5.92 Å². The van der Waals surface area contributed by atoms with Crippen LogP contribution in [0.1, 0.15) is 79.3 Å². The van der Waals surface area contributed by atoms with Gasteiger partial charge in [-0.3, -0.25) is 29.2 Å². The van der Waals surface area contributed by atoms with Crippen LogP contribution in [-0.2, 0) is 24.6 Å². The molecule has 3 aliphatic heterocycles. The molecule has 1 unspecified atom stereocenters. The molecule has 3 fully saturated rings. The van der Waals surface area contributed by atoms with Crippen LogP contribution in [0.2, 0.25) is 0 Å². The Labute approximate surface area is 363 Å². The van der Waals surface area contributed by atoms with Gasteiger partial charge in [0.05, 0.1) is 11.3 Å². The number of anilines is 3. The number of carbonyl (C=O) groups is 4. The molecule has 5 aromatic rings. The van der Waals surface area contributed by atoms with Gasteiger partial charge in [-0.1, -0.05) is 19.1 Å². The van der Waals surface area contributed by atoms with Crippen LogP contribution < -0.4 is 20.3 Å². The zero-order valence-corrected chi connectivity index (χ0v) is 35.7. The molecule has 2 aromatic carbocycles. The van der Waals surface area contributed by atoms with Gasteiger partial charge in [-0.15, -0.1) is 0 Å². The number of ketones is 1. The number of benzene rings is 2.